The predicted molar refractivity (Wildman–Crippen MR) is 79.9 cm³/mol. The molecule has 3 N–H and O–H groups in total. The number of aromatic nitrogens is 5. The Balaban J connectivity index is 1.74. The van der Waals surface area contributed by atoms with Crippen LogP contribution in [0.1, 0.15) is 27.6 Å². The van der Waals surface area contributed by atoms with Crippen LogP contribution in [-0.4, -0.2) is 37.0 Å². The summed E-state index contributed by atoms with van der Waals surface area (Å²) < 4.78 is 1.77. The van der Waals surface area contributed by atoms with Crippen LogP contribution >= 0.6 is 0 Å². The van der Waals surface area contributed by atoms with Gasteiger partial charge >= 0.3 is 5.69 Å². The highest BCUT2D eigenvalue weighted by atomic mass is 16.2. The van der Waals surface area contributed by atoms with Gasteiger partial charge in [-0.05, 0) is 31.5 Å². The number of hydrogen-bond donors (Lipinski definition) is 3. The van der Waals surface area contributed by atoms with Crippen molar-refractivity contribution < 1.29 is 4.79 Å². The normalized spacial score (nSPS) is 11.0. The van der Waals surface area contributed by atoms with Gasteiger partial charge in [0.1, 0.15) is 17.2 Å². The lowest BCUT2D eigenvalue weighted by Crippen LogP contribution is -2.27. The van der Waals surface area contributed by atoms with Crippen LogP contribution in [0.2, 0.25) is 0 Å². The van der Waals surface area contributed by atoms with Gasteiger partial charge in [-0.1, -0.05) is 0 Å². The predicted octanol–water partition coefficient (Wildman–Crippen LogP) is 0.335. The second-order valence-corrected chi connectivity index (χ2v) is 5.11. The third-order valence-corrected chi connectivity index (χ3v) is 3.37. The number of aryl methyl sites for hydroxylation is 2. The Hall–Kier alpha value is -2.90. The summed E-state index contributed by atoms with van der Waals surface area (Å²) in [6.07, 6.45) is 2.28. The van der Waals surface area contributed by atoms with Crippen molar-refractivity contribution in [3.63, 3.8) is 0 Å². The molecule has 0 fully saturated rings. The molecular formula is C14H16N6O2. The van der Waals surface area contributed by atoms with Crippen LogP contribution in [0.4, 0.5) is 0 Å². The van der Waals surface area contributed by atoms with Gasteiger partial charge in [-0.2, -0.15) is 5.10 Å². The average Bonchev–Trinajstić information content (AvgIpc) is 3.00. The van der Waals surface area contributed by atoms with Crippen LogP contribution < -0.4 is 11.0 Å². The number of imidazole rings is 1. The molecule has 0 bridgehead atoms. The van der Waals surface area contributed by atoms with Gasteiger partial charge in [0.25, 0.3) is 5.91 Å². The van der Waals surface area contributed by atoms with Gasteiger partial charge in [-0.25, -0.2) is 14.9 Å². The minimum absolute atomic E-state index is 0.202. The van der Waals surface area contributed by atoms with Crippen molar-refractivity contribution in [2.45, 2.75) is 20.3 Å². The summed E-state index contributed by atoms with van der Waals surface area (Å²) in [7, 11) is 0. The number of carbonyl (C=O) groups is 1. The monoisotopic (exact) mass is 300 g/mol. The standard InChI is InChI=1S/C14H16N6O2/c1-8-4-6-20-11(7-8)16-9(2)12(20)13(21)15-5-3-10-17-14(22)19-18-10/h4,6-7H,3,5H2,1-2H3,(H,15,21)(H2,17,18,19,22). The van der Waals surface area contributed by atoms with E-state index in [9.17, 15) is 9.59 Å². The van der Waals surface area contributed by atoms with Gasteiger partial charge in [0.05, 0.1) is 5.69 Å². The molecule has 3 heterocycles. The number of rotatable bonds is 4. The molecule has 3 aromatic heterocycles. The van der Waals surface area contributed by atoms with Crippen LogP contribution in [0.25, 0.3) is 5.65 Å². The summed E-state index contributed by atoms with van der Waals surface area (Å²) in [4.78, 5) is 30.2. The first-order valence-corrected chi connectivity index (χ1v) is 6.91. The minimum atomic E-state index is -0.352. The zero-order valence-electron chi connectivity index (χ0n) is 12.3. The molecule has 0 spiro atoms. The van der Waals surface area contributed by atoms with Gasteiger partial charge in [0.2, 0.25) is 0 Å². The minimum Gasteiger partial charge on any atom is -0.350 e. The van der Waals surface area contributed by atoms with Crippen molar-refractivity contribution in [3.8, 4) is 0 Å². The Kier molecular flexibility index (Phi) is 3.50. The molecule has 3 rings (SSSR count). The van der Waals surface area contributed by atoms with Crippen LogP contribution in [0, 0.1) is 13.8 Å². The molecule has 0 unspecified atom stereocenters. The summed E-state index contributed by atoms with van der Waals surface area (Å²) >= 11 is 0. The van der Waals surface area contributed by atoms with E-state index in [4.69, 9.17) is 0 Å². The van der Waals surface area contributed by atoms with Crippen molar-refractivity contribution in [2.75, 3.05) is 6.54 Å². The molecule has 8 heteroatoms. The molecule has 1 amide bonds. The molecule has 0 atom stereocenters. The lowest BCUT2D eigenvalue weighted by atomic mass is 10.3. The van der Waals surface area contributed by atoms with Crippen molar-refractivity contribution >= 4 is 11.6 Å². The Labute approximate surface area is 125 Å². The Bertz CT molecular complexity index is 888. The molecule has 0 aromatic carbocycles. The highest BCUT2D eigenvalue weighted by molar-refractivity contribution is 5.94. The number of pyridine rings is 1. The lowest BCUT2D eigenvalue weighted by molar-refractivity contribution is 0.0947. The summed E-state index contributed by atoms with van der Waals surface area (Å²) in [5.74, 6) is 0.308. The number of amides is 1. The van der Waals surface area contributed by atoms with E-state index < -0.39 is 0 Å². The summed E-state index contributed by atoms with van der Waals surface area (Å²) in [5.41, 5.74) is 2.68. The largest absolute Gasteiger partial charge is 0.350 e. The first-order valence-electron chi connectivity index (χ1n) is 6.91. The number of H-pyrrole nitrogens is 2. The molecule has 0 saturated carbocycles. The van der Waals surface area contributed by atoms with Crippen LogP contribution in [0.15, 0.2) is 23.1 Å². The van der Waals surface area contributed by atoms with Gasteiger partial charge in [0.15, 0.2) is 0 Å². The highest BCUT2D eigenvalue weighted by Gasteiger charge is 2.16. The quantitative estimate of drug-likeness (QED) is 0.645. The second kappa shape index (κ2) is 5.47. The van der Waals surface area contributed by atoms with Gasteiger partial charge < -0.3 is 5.32 Å². The number of fused-ring (bicyclic) bond motifs is 1. The first-order chi connectivity index (χ1) is 10.5. The van der Waals surface area contributed by atoms with E-state index in [2.05, 4.69) is 25.5 Å². The molecule has 0 aliphatic heterocycles. The third-order valence-electron chi connectivity index (χ3n) is 3.37. The first kappa shape index (κ1) is 14.1. The smallest absolute Gasteiger partial charge is 0.340 e. The van der Waals surface area contributed by atoms with E-state index >= 15 is 0 Å². The molecule has 0 aliphatic rings. The Morgan fingerprint density at radius 3 is 2.95 bits per heavy atom. The number of nitrogens with zero attached hydrogens (tertiary/aromatic N) is 3. The van der Waals surface area contributed by atoms with E-state index in [0.717, 1.165) is 11.2 Å². The molecule has 0 radical (unpaired) electrons. The SMILES string of the molecule is Cc1ccn2c(C(=O)NCCc3n[nH]c(=O)[nH]3)c(C)nc2c1. The number of nitrogens with one attached hydrogen (secondary N) is 3. The average molecular weight is 300 g/mol. The van der Waals surface area contributed by atoms with Crippen molar-refractivity contribution in [3.05, 3.63) is 51.6 Å². The maximum atomic E-state index is 12.3. The maximum Gasteiger partial charge on any atom is 0.340 e. The van der Waals surface area contributed by atoms with Crippen LogP contribution in [-0.2, 0) is 6.42 Å². The molecule has 114 valence electrons. The van der Waals surface area contributed by atoms with E-state index in [1.807, 2.05) is 32.2 Å². The zero-order chi connectivity index (χ0) is 15.7. The lowest BCUT2D eigenvalue weighted by Gasteiger charge is -2.05. The summed E-state index contributed by atoms with van der Waals surface area (Å²) in [6.45, 7) is 4.16. The fraction of sp³-hybridized carbons (Fsp3) is 0.286. The van der Waals surface area contributed by atoms with Crippen LogP contribution in [0.3, 0.4) is 0 Å². The molecule has 22 heavy (non-hydrogen) atoms. The van der Waals surface area contributed by atoms with Crippen LogP contribution in [0.5, 0.6) is 0 Å². The fourth-order valence-corrected chi connectivity index (χ4v) is 2.34. The summed E-state index contributed by atoms with van der Waals surface area (Å²) in [5, 5.41) is 8.89. The van der Waals surface area contributed by atoms with Crippen molar-refractivity contribution in [2.24, 2.45) is 0 Å². The molecule has 3 aromatic rings. The molecular weight excluding hydrogens is 284 g/mol. The van der Waals surface area contributed by atoms with E-state index in [1.165, 1.54) is 0 Å². The Morgan fingerprint density at radius 2 is 2.23 bits per heavy atom. The van der Waals surface area contributed by atoms with Crippen molar-refractivity contribution in [1.29, 1.82) is 0 Å². The van der Waals surface area contributed by atoms with Gasteiger partial charge in [0, 0.05) is 19.2 Å². The molecule has 0 aliphatic carbocycles. The zero-order valence-corrected chi connectivity index (χ0v) is 12.3. The highest BCUT2D eigenvalue weighted by Crippen LogP contribution is 2.13. The van der Waals surface area contributed by atoms with Gasteiger partial charge in [-0.15, -0.1) is 0 Å². The van der Waals surface area contributed by atoms with E-state index in [0.29, 0.717) is 30.2 Å². The van der Waals surface area contributed by atoms with E-state index in [-0.39, 0.29) is 11.6 Å². The third kappa shape index (κ3) is 2.62. The topological polar surface area (TPSA) is 108 Å². The van der Waals surface area contributed by atoms with E-state index in [1.54, 1.807) is 4.40 Å². The fourth-order valence-electron chi connectivity index (χ4n) is 2.34. The van der Waals surface area contributed by atoms with Crippen molar-refractivity contribution in [1.82, 2.24) is 29.9 Å². The maximum absolute atomic E-state index is 12.3. The molecule has 0 saturated heterocycles. The Morgan fingerprint density at radius 1 is 1.41 bits per heavy atom. The van der Waals surface area contributed by atoms with Gasteiger partial charge in [-0.3, -0.25) is 14.2 Å². The second-order valence-electron chi connectivity index (χ2n) is 5.11. The summed E-state index contributed by atoms with van der Waals surface area (Å²) in [6, 6.07) is 3.86. The number of carbonyl (C=O) groups excluding carboxylic acids is 1. The number of hydrogen-bond acceptors (Lipinski definition) is 4. The number of aromatic amines is 2. The molecule has 8 nitrogen and oxygen atoms in total.